The summed E-state index contributed by atoms with van der Waals surface area (Å²) in [5.41, 5.74) is 1.79. The molecule has 1 aliphatic rings. The Labute approximate surface area is 175 Å². The minimum absolute atomic E-state index is 0.182. The average Bonchev–Trinajstić information content (AvgIpc) is 3.54. The summed E-state index contributed by atoms with van der Waals surface area (Å²) in [5.74, 6) is 0.424. The van der Waals surface area contributed by atoms with Gasteiger partial charge in [-0.1, -0.05) is 0 Å². The second-order valence-electron chi connectivity index (χ2n) is 7.36. The van der Waals surface area contributed by atoms with E-state index >= 15 is 0 Å². The predicted molar refractivity (Wildman–Crippen MR) is 109 cm³/mol. The number of amides is 1. The summed E-state index contributed by atoms with van der Waals surface area (Å²) >= 11 is 0. The average molecular weight is 419 g/mol. The van der Waals surface area contributed by atoms with Crippen LogP contribution >= 0.6 is 0 Å². The molecule has 156 valence electrons. The molecule has 1 N–H and O–H groups in total. The molecule has 0 atom stereocenters. The van der Waals surface area contributed by atoms with Crippen molar-refractivity contribution >= 4 is 11.6 Å². The minimum atomic E-state index is -0.361. The molecule has 0 aliphatic heterocycles. The Morgan fingerprint density at radius 1 is 1.03 bits per heavy atom. The summed E-state index contributed by atoms with van der Waals surface area (Å²) in [6.07, 6.45) is 2.11. The molecule has 0 bridgehead atoms. The second-order valence-corrected chi connectivity index (χ2v) is 7.36. The Hall–Kier alpha value is -3.95. The Morgan fingerprint density at radius 3 is 2.61 bits per heavy atom. The number of hydrogen-bond donors (Lipinski definition) is 1. The molecule has 31 heavy (non-hydrogen) atoms. The van der Waals surface area contributed by atoms with Crippen molar-refractivity contribution in [2.75, 3.05) is 6.54 Å². The van der Waals surface area contributed by atoms with E-state index in [0.29, 0.717) is 22.8 Å². The van der Waals surface area contributed by atoms with Crippen molar-refractivity contribution in [2.45, 2.75) is 25.3 Å². The third kappa shape index (κ3) is 3.91. The number of benzene rings is 1. The maximum atomic E-state index is 13.1. The molecule has 1 fully saturated rings. The number of halogens is 1. The molecule has 0 radical (unpaired) electrons. The molecule has 0 spiro atoms. The molecule has 1 saturated carbocycles. The number of carbonyl (C=O) groups is 1. The normalized spacial score (nSPS) is 13.5. The Bertz CT molecular complexity index is 1330. The molecule has 3 heterocycles. The molecule has 10 heteroatoms. The smallest absolute Gasteiger partial charge is 0.271 e. The van der Waals surface area contributed by atoms with Crippen LogP contribution < -0.4 is 10.9 Å². The van der Waals surface area contributed by atoms with Gasteiger partial charge >= 0.3 is 0 Å². The van der Waals surface area contributed by atoms with Gasteiger partial charge in [0.1, 0.15) is 11.5 Å². The summed E-state index contributed by atoms with van der Waals surface area (Å²) in [6.45, 7) is 0.373. The van der Waals surface area contributed by atoms with Crippen LogP contribution in [0, 0.1) is 5.82 Å². The number of hydrogen-bond acceptors (Lipinski definition) is 6. The fourth-order valence-electron chi connectivity index (χ4n) is 3.27. The lowest BCUT2D eigenvalue weighted by Gasteiger charge is -2.09. The van der Waals surface area contributed by atoms with E-state index in [1.807, 2.05) is 0 Å². The summed E-state index contributed by atoms with van der Waals surface area (Å²) in [4.78, 5) is 24.7. The number of fused-ring (bicyclic) bond motifs is 1. The number of aromatic nitrogens is 6. The van der Waals surface area contributed by atoms with E-state index < -0.39 is 0 Å². The summed E-state index contributed by atoms with van der Waals surface area (Å²) in [6, 6.07) is 12.1. The Morgan fingerprint density at radius 2 is 1.84 bits per heavy atom. The molecule has 1 aromatic carbocycles. The van der Waals surface area contributed by atoms with Crippen LogP contribution in [-0.2, 0) is 6.54 Å². The zero-order valence-corrected chi connectivity index (χ0v) is 16.4. The van der Waals surface area contributed by atoms with Gasteiger partial charge in [0.2, 0.25) is 0 Å². The highest BCUT2D eigenvalue weighted by Gasteiger charge is 2.29. The standard InChI is InChI=1S/C21H18FN7O2/c22-15-5-3-13(4-6-15)16-8-10-19(30)28(26-16)12-11-23-21(31)17-7-9-18-24-25-20(14-1-2-14)29(18)27-17/h3-10,14H,1-2,11-12H2,(H,23,31). The number of nitrogens with one attached hydrogen (secondary N) is 1. The van der Waals surface area contributed by atoms with Gasteiger partial charge in [-0.15, -0.1) is 10.2 Å². The molecule has 9 nitrogen and oxygen atoms in total. The highest BCUT2D eigenvalue weighted by Crippen LogP contribution is 2.38. The van der Waals surface area contributed by atoms with Crippen LogP contribution in [0.3, 0.4) is 0 Å². The first-order valence-corrected chi connectivity index (χ1v) is 9.93. The molecule has 0 unspecified atom stereocenters. The van der Waals surface area contributed by atoms with Gasteiger partial charge in [0.25, 0.3) is 11.5 Å². The number of nitrogens with zero attached hydrogens (tertiary/aromatic N) is 6. The second kappa shape index (κ2) is 7.71. The van der Waals surface area contributed by atoms with Crippen molar-refractivity contribution in [3.8, 4) is 11.3 Å². The number of carbonyl (C=O) groups excluding carboxylic acids is 1. The SMILES string of the molecule is O=C(NCCn1nc(-c2ccc(F)cc2)ccc1=O)c1ccc2nnc(C3CC3)n2n1. The molecular weight excluding hydrogens is 401 g/mol. The van der Waals surface area contributed by atoms with Crippen LogP contribution in [0.1, 0.15) is 35.1 Å². The Balaban J connectivity index is 1.27. The van der Waals surface area contributed by atoms with Crippen molar-refractivity contribution in [1.82, 2.24) is 34.9 Å². The minimum Gasteiger partial charge on any atom is -0.349 e. The lowest BCUT2D eigenvalue weighted by atomic mass is 10.1. The number of rotatable bonds is 6. The van der Waals surface area contributed by atoms with Crippen molar-refractivity contribution in [3.63, 3.8) is 0 Å². The van der Waals surface area contributed by atoms with E-state index in [2.05, 4.69) is 25.7 Å². The van der Waals surface area contributed by atoms with Crippen molar-refractivity contribution in [1.29, 1.82) is 0 Å². The van der Waals surface area contributed by atoms with Gasteiger partial charge in [0.05, 0.1) is 12.2 Å². The molecule has 1 aliphatic carbocycles. The fraction of sp³-hybridized carbons (Fsp3) is 0.238. The zero-order valence-electron chi connectivity index (χ0n) is 16.4. The van der Waals surface area contributed by atoms with E-state index in [0.717, 1.165) is 18.7 Å². The van der Waals surface area contributed by atoms with Gasteiger partial charge in [-0.05, 0) is 55.3 Å². The third-order valence-corrected chi connectivity index (χ3v) is 5.08. The van der Waals surface area contributed by atoms with Crippen molar-refractivity contribution in [3.05, 3.63) is 76.2 Å². The van der Waals surface area contributed by atoms with Gasteiger partial charge in [-0.25, -0.2) is 9.07 Å². The van der Waals surface area contributed by atoms with Gasteiger partial charge in [0.15, 0.2) is 11.5 Å². The summed E-state index contributed by atoms with van der Waals surface area (Å²) in [5, 5.41) is 19.7. The van der Waals surface area contributed by atoms with Crippen LogP contribution in [0.2, 0.25) is 0 Å². The van der Waals surface area contributed by atoms with E-state index in [1.54, 1.807) is 34.8 Å². The molecule has 0 saturated heterocycles. The van der Waals surface area contributed by atoms with E-state index in [9.17, 15) is 14.0 Å². The highest BCUT2D eigenvalue weighted by molar-refractivity contribution is 5.92. The molecule has 3 aromatic heterocycles. The topological polar surface area (TPSA) is 107 Å². The van der Waals surface area contributed by atoms with Crippen LogP contribution in [0.4, 0.5) is 4.39 Å². The quantitative estimate of drug-likeness (QED) is 0.511. The van der Waals surface area contributed by atoms with Crippen LogP contribution in [0.15, 0.2) is 53.3 Å². The maximum absolute atomic E-state index is 13.1. The molecule has 1 amide bonds. The third-order valence-electron chi connectivity index (χ3n) is 5.08. The van der Waals surface area contributed by atoms with Crippen LogP contribution in [0.25, 0.3) is 16.9 Å². The zero-order chi connectivity index (χ0) is 21.4. The molecular formula is C21H18FN7O2. The first kappa shape index (κ1) is 19.0. The van der Waals surface area contributed by atoms with Gasteiger partial charge in [-0.3, -0.25) is 9.59 Å². The first-order valence-electron chi connectivity index (χ1n) is 9.93. The van der Waals surface area contributed by atoms with Gasteiger partial charge < -0.3 is 5.32 Å². The van der Waals surface area contributed by atoms with Crippen LogP contribution in [-0.4, -0.2) is 42.0 Å². The Kier molecular flexibility index (Phi) is 4.73. The van der Waals surface area contributed by atoms with E-state index in [4.69, 9.17) is 0 Å². The lowest BCUT2D eigenvalue weighted by Crippen LogP contribution is -2.32. The highest BCUT2D eigenvalue weighted by atomic mass is 19.1. The predicted octanol–water partition coefficient (Wildman–Crippen LogP) is 1.79. The van der Waals surface area contributed by atoms with E-state index in [1.165, 1.54) is 22.9 Å². The largest absolute Gasteiger partial charge is 0.349 e. The lowest BCUT2D eigenvalue weighted by molar-refractivity contribution is 0.0945. The monoisotopic (exact) mass is 419 g/mol. The van der Waals surface area contributed by atoms with Gasteiger partial charge in [-0.2, -0.15) is 14.7 Å². The van der Waals surface area contributed by atoms with Gasteiger partial charge in [0, 0.05) is 24.1 Å². The van der Waals surface area contributed by atoms with E-state index in [-0.39, 0.29) is 36.1 Å². The van der Waals surface area contributed by atoms with Crippen molar-refractivity contribution in [2.24, 2.45) is 0 Å². The molecule has 4 aromatic rings. The first-order chi connectivity index (χ1) is 15.1. The maximum Gasteiger partial charge on any atom is 0.271 e. The van der Waals surface area contributed by atoms with Crippen molar-refractivity contribution < 1.29 is 9.18 Å². The fourth-order valence-corrected chi connectivity index (χ4v) is 3.27. The summed E-state index contributed by atoms with van der Waals surface area (Å²) in [7, 11) is 0. The molecule has 5 rings (SSSR count). The summed E-state index contributed by atoms with van der Waals surface area (Å²) < 4.78 is 16.0. The van der Waals surface area contributed by atoms with Crippen LogP contribution in [0.5, 0.6) is 0 Å².